The number of ether oxygens (including phenoxy) is 1. The van der Waals surface area contributed by atoms with Gasteiger partial charge < -0.3 is 4.74 Å². The lowest BCUT2D eigenvalue weighted by Gasteiger charge is -2.08. The molecule has 0 saturated carbocycles. The van der Waals surface area contributed by atoms with Gasteiger partial charge in [0.05, 0.1) is 5.52 Å². The number of benzene rings is 2. The van der Waals surface area contributed by atoms with Gasteiger partial charge in [-0.25, -0.2) is 4.39 Å². The third kappa shape index (κ3) is 2.02. The maximum atomic E-state index is 13.1. The van der Waals surface area contributed by atoms with Crippen LogP contribution in [0.25, 0.3) is 10.9 Å². The summed E-state index contributed by atoms with van der Waals surface area (Å²) in [5.74, 6) is 1.12. The molecule has 0 radical (unpaired) electrons. The zero-order valence-corrected chi connectivity index (χ0v) is 9.51. The summed E-state index contributed by atoms with van der Waals surface area (Å²) in [7, 11) is 0. The molecule has 0 aliphatic carbocycles. The van der Waals surface area contributed by atoms with Crippen molar-refractivity contribution in [2.24, 2.45) is 0 Å². The molecule has 0 bridgehead atoms. The second-order valence-corrected chi connectivity index (χ2v) is 3.89. The number of nitrogens with zero attached hydrogens (tertiary/aromatic N) is 1. The van der Waals surface area contributed by atoms with Crippen LogP contribution in [0.1, 0.15) is 0 Å². The molecule has 3 heteroatoms. The van der Waals surface area contributed by atoms with E-state index in [1.54, 1.807) is 18.3 Å². The molecule has 1 aromatic heterocycles. The second kappa shape index (κ2) is 4.45. The van der Waals surface area contributed by atoms with Crippen LogP contribution in [0.3, 0.4) is 0 Å². The lowest BCUT2D eigenvalue weighted by Crippen LogP contribution is -1.88. The lowest BCUT2D eigenvalue weighted by atomic mass is 10.2. The van der Waals surface area contributed by atoms with E-state index in [0.29, 0.717) is 11.3 Å². The molecule has 0 saturated heterocycles. The molecule has 0 amide bonds. The highest BCUT2D eigenvalue weighted by Gasteiger charge is 2.05. The summed E-state index contributed by atoms with van der Waals surface area (Å²) in [6, 6.07) is 15.7. The number of para-hydroxylation sites is 1. The van der Waals surface area contributed by atoms with Crippen LogP contribution >= 0.6 is 0 Å². The van der Waals surface area contributed by atoms with E-state index in [1.807, 2.05) is 30.3 Å². The molecule has 88 valence electrons. The molecule has 3 rings (SSSR count). The first kappa shape index (κ1) is 10.7. The number of pyridine rings is 1. The quantitative estimate of drug-likeness (QED) is 0.669. The van der Waals surface area contributed by atoms with Crippen molar-refractivity contribution < 1.29 is 9.13 Å². The molecule has 3 aromatic rings. The smallest absolute Gasteiger partial charge is 0.138 e. The van der Waals surface area contributed by atoms with Crippen LogP contribution in [-0.2, 0) is 0 Å². The molecule has 1 heterocycles. The molecular weight excluding hydrogens is 229 g/mol. The van der Waals surface area contributed by atoms with Gasteiger partial charge in [-0.2, -0.15) is 0 Å². The second-order valence-electron chi connectivity index (χ2n) is 3.89. The summed E-state index contributed by atoms with van der Waals surface area (Å²) >= 11 is 0. The van der Waals surface area contributed by atoms with Gasteiger partial charge in [0.25, 0.3) is 0 Å². The summed E-state index contributed by atoms with van der Waals surface area (Å²) in [4.78, 5) is 4.12. The minimum absolute atomic E-state index is 0.299. The summed E-state index contributed by atoms with van der Waals surface area (Å²) < 4.78 is 18.9. The predicted molar refractivity (Wildman–Crippen MR) is 68.2 cm³/mol. The van der Waals surface area contributed by atoms with Gasteiger partial charge in [0.15, 0.2) is 0 Å². The van der Waals surface area contributed by atoms with Crippen molar-refractivity contribution >= 4 is 10.9 Å². The Balaban J connectivity index is 2.07. The molecule has 18 heavy (non-hydrogen) atoms. The third-order valence-corrected chi connectivity index (χ3v) is 2.64. The van der Waals surface area contributed by atoms with E-state index in [1.165, 1.54) is 12.1 Å². The first-order valence-electron chi connectivity index (χ1n) is 5.60. The Bertz CT molecular complexity index is 682. The molecule has 0 N–H and O–H groups in total. The zero-order chi connectivity index (χ0) is 12.4. The van der Waals surface area contributed by atoms with E-state index in [0.717, 1.165) is 11.1 Å². The van der Waals surface area contributed by atoms with Crippen LogP contribution in [-0.4, -0.2) is 4.98 Å². The first-order chi connectivity index (χ1) is 8.83. The number of hydrogen-bond donors (Lipinski definition) is 0. The Morgan fingerprint density at radius 3 is 2.61 bits per heavy atom. The van der Waals surface area contributed by atoms with Gasteiger partial charge in [-0.05, 0) is 30.3 Å². The monoisotopic (exact) mass is 239 g/mol. The van der Waals surface area contributed by atoms with Crippen molar-refractivity contribution in [3.05, 3.63) is 66.6 Å². The van der Waals surface area contributed by atoms with Crippen molar-refractivity contribution in [2.45, 2.75) is 0 Å². The lowest BCUT2D eigenvalue weighted by molar-refractivity contribution is 0.488. The topological polar surface area (TPSA) is 22.1 Å². The molecule has 0 aliphatic heterocycles. The van der Waals surface area contributed by atoms with Crippen molar-refractivity contribution in [3.8, 4) is 11.5 Å². The minimum Gasteiger partial charge on any atom is -0.457 e. The normalized spacial score (nSPS) is 10.5. The summed E-state index contributed by atoms with van der Waals surface area (Å²) in [6.45, 7) is 0. The van der Waals surface area contributed by atoms with Gasteiger partial charge in [0.1, 0.15) is 17.3 Å². The average Bonchev–Trinajstić information content (AvgIpc) is 2.40. The SMILES string of the molecule is Fc1ccc2c(Oc3ccccc3)ccnc2c1. The van der Waals surface area contributed by atoms with Crippen molar-refractivity contribution in [3.63, 3.8) is 0 Å². The van der Waals surface area contributed by atoms with Gasteiger partial charge in [-0.3, -0.25) is 4.98 Å². The van der Waals surface area contributed by atoms with Crippen LogP contribution in [0.2, 0.25) is 0 Å². The summed E-state index contributed by atoms with van der Waals surface area (Å²) in [6.07, 6.45) is 1.61. The molecule has 0 spiro atoms. The molecule has 0 unspecified atom stereocenters. The average molecular weight is 239 g/mol. The highest BCUT2D eigenvalue weighted by atomic mass is 19.1. The van der Waals surface area contributed by atoms with Gasteiger partial charge >= 0.3 is 0 Å². The Labute approximate surface area is 104 Å². The van der Waals surface area contributed by atoms with E-state index < -0.39 is 0 Å². The molecule has 0 aliphatic rings. The van der Waals surface area contributed by atoms with Crippen molar-refractivity contribution in [1.29, 1.82) is 0 Å². The van der Waals surface area contributed by atoms with E-state index in [2.05, 4.69) is 4.98 Å². The highest BCUT2D eigenvalue weighted by Crippen LogP contribution is 2.28. The summed E-state index contributed by atoms with van der Waals surface area (Å²) in [5, 5.41) is 0.794. The predicted octanol–water partition coefficient (Wildman–Crippen LogP) is 4.17. The molecule has 0 fully saturated rings. The Morgan fingerprint density at radius 2 is 1.78 bits per heavy atom. The summed E-state index contributed by atoms with van der Waals surface area (Å²) in [5.41, 5.74) is 0.587. The molecule has 2 nitrogen and oxygen atoms in total. The maximum absolute atomic E-state index is 13.1. The third-order valence-electron chi connectivity index (χ3n) is 2.64. The van der Waals surface area contributed by atoms with E-state index in [9.17, 15) is 4.39 Å². The molecule has 0 atom stereocenters. The van der Waals surface area contributed by atoms with E-state index >= 15 is 0 Å². The maximum Gasteiger partial charge on any atom is 0.138 e. The van der Waals surface area contributed by atoms with Crippen LogP contribution in [0.5, 0.6) is 11.5 Å². The van der Waals surface area contributed by atoms with Crippen LogP contribution in [0.4, 0.5) is 4.39 Å². The van der Waals surface area contributed by atoms with Crippen LogP contribution in [0, 0.1) is 5.82 Å². The van der Waals surface area contributed by atoms with E-state index in [4.69, 9.17) is 4.74 Å². The Morgan fingerprint density at radius 1 is 0.944 bits per heavy atom. The van der Waals surface area contributed by atoms with Gasteiger partial charge in [-0.1, -0.05) is 18.2 Å². The van der Waals surface area contributed by atoms with Crippen LogP contribution < -0.4 is 4.74 Å². The number of rotatable bonds is 2. The number of fused-ring (bicyclic) bond motifs is 1. The number of aromatic nitrogens is 1. The molecule has 2 aromatic carbocycles. The fourth-order valence-electron chi connectivity index (χ4n) is 1.80. The zero-order valence-electron chi connectivity index (χ0n) is 9.51. The Hall–Kier alpha value is -2.42. The van der Waals surface area contributed by atoms with Gasteiger partial charge in [0.2, 0.25) is 0 Å². The van der Waals surface area contributed by atoms with Gasteiger partial charge in [-0.15, -0.1) is 0 Å². The Kier molecular flexibility index (Phi) is 2.65. The molecular formula is C15H10FNO. The van der Waals surface area contributed by atoms with Crippen molar-refractivity contribution in [1.82, 2.24) is 4.98 Å². The fourth-order valence-corrected chi connectivity index (χ4v) is 1.80. The standard InChI is InChI=1S/C15H10FNO/c16-11-6-7-13-14(10-11)17-9-8-15(13)18-12-4-2-1-3-5-12/h1-10H. The van der Waals surface area contributed by atoms with Crippen LogP contribution in [0.15, 0.2) is 60.8 Å². The first-order valence-corrected chi connectivity index (χ1v) is 5.60. The van der Waals surface area contributed by atoms with Crippen molar-refractivity contribution in [2.75, 3.05) is 0 Å². The largest absolute Gasteiger partial charge is 0.457 e. The van der Waals surface area contributed by atoms with E-state index in [-0.39, 0.29) is 5.82 Å². The number of hydrogen-bond acceptors (Lipinski definition) is 2. The van der Waals surface area contributed by atoms with Gasteiger partial charge in [0, 0.05) is 17.6 Å². The number of halogens is 1. The fraction of sp³-hybridized carbons (Fsp3) is 0. The highest BCUT2D eigenvalue weighted by molar-refractivity contribution is 5.85. The minimum atomic E-state index is -0.299.